The fourth-order valence-electron chi connectivity index (χ4n) is 4.43. The highest BCUT2D eigenvalue weighted by Crippen LogP contribution is 2.21. The molecule has 0 saturated carbocycles. The van der Waals surface area contributed by atoms with Gasteiger partial charge in [0.1, 0.15) is 5.82 Å². The van der Waals surface area contributed by atoms with E-state index >= 15 is 0 Å². The average molecular weight is 348 g/mol. The predicted molar refractivity (Wildman–Crippen MR) is 102 cm³/mol. The van der Waals surface area contributed by atoms with Crippen LogP contribution in [-0.2, 0) is 6.42 Å². The highest BCUT2D eigenvalue weighted by atomic mass is 19.1. The average Bonchev–Trinajstić information content (AvgIpc) is 2.62. The third kappa shape index (κ3) is 5.77. The maximum Gasteiger partial charge on any atom is 0.123 e. The van der Waals surface area contributed by atoms with Gasteiger partial charge in [0.2, 0.25) is 0 Å². The van der Waals surface area contributed by atoms with Gasteiger partial charge in [-0.25, -0.2) is 4.39 Å². The van der Waals surface area contributed by atoms with Gasteiger partial charge in [0.15, 0.2) is 0 Å². The number of piperidine rings is 2. The lowest BCUT2D eigenvalue weighted by molar-refractivity contribution is 0.0973. The first-order valence-electron chi connectivity index (χ1n) is 9.96. The molecule has 0 N–H and O–H groups in total. The largest absolute Gasteiger partial charge is 0.306 e. The first kappa shape index (κ1) is 18.8. The van der Waals surface area contributed by atoms with Gasteiger partial charge in [-0.3, -0.25) is 0 Å². The van der Waals surface area contributed by atoms with Crippen molar-refractivity contribution in [2.75, 3.05) is 53.4 Å². The number of hydrogen-bond acceptors (Lipinski definition) is 3. The van der Waals surface area contributed by atoms with Crippen LogP contribution in [0.4, 0.5) is 4.39 Å². The summed E-state index contributed by atoms with van der Waals surface area (Å²) in [6.45, 7) is 7.25. The second-order valence-electron chi connectivity index (χ2n) is 8.16. The Hall–Kier alpha value is -0.970. The van der Waals surface area contributed by atoms with Crippen molar-refractivity contribution >= 4 is 0 Å². The molecule has 0 unspecified atom stereocenters. The molecule has 0 spiro atoms. The molecule has 1 aromatic rings. The Morgan fingerprint density at radius 1 is 1.08 bits per heavy atom. The topological polar surface area (TPSA) is 9.72 Å². The second kappa shape index (κ2) is 9.11. The summed E-state index contributed by atoms with van der Waals surface area (Å²) in [7, 11) is 4.56. The molecule has 0 amide bonds. The molecule has 3 nitrogen and oxygen atoms in total. The lowest BCUT2D eigenvalue weighted by Crippen LogP contribution is -2.46. The predicted octanol–water partition coefficient (Wildman–Crippen LogP) is 3.11. The molecule has 0 bridgehead atoms. The minimum Gasteiger partial charge on any atom is -0.306 e. The van der Waals surface area contributed by atoms with Crippen molar-refractivity contribution < 1.29 is 4.39 Å². The lowest BCUT2D eigenvalue weighted by Gasteiger charge is -2.39. The van der Waals surface area contributed by atoms with Crippen LogP contribution in [0.1, 0.15) is 31.2 Å². The fraction of sp³-hybridized carbons (Fsp3) is 0.714. The van der Waals surface area contributed by atoms with Crippen LogP contribution in [0.25, 0.3) is 0 Å². The van der Waals surface area contributed by atoms with Gasteiger partial charge in [0, 0.05) is 25.7 Å². The molecule has 1 aromatic carbocycles. The number of nitrogens with zero attached hydrogens (tertiary/aromatic N) is 3. The number of hydrogen-bond donors (Lipinski definition) is 0. The Morgan fingerprint density at radius 3 is 2.52 bits per heavy atom. The third-order valence-electron chi connectivity index (χ3n) is 6.09. The van der Waals surface area contributed by atoms with Crippen molar-refractivity contribution in [3.8, 4) is 0 Å². The summed E-state index contributed by atoms with van der Waals surface area (Å²) in [5.41, 5.74) is 1.24. The molecule has 25 heavy (non-hydrogen) atoms. The van der Waals surface area contributed by atoms with Crippen LogP contribution in [0.15, 0.2) is 24.3 Å². The minimum absolute atomic E-state index is 0.140. The molecule has 2 aliphatic heterocycles. The van der Waals surface area contributed by atoms with Gasteiger partial charge in [0.05, 0.1) is 0 Å². The van der Waals surface area contributed by atoms with E-state index in [0.29, 0.717) is 0 Å². The van der Waals surface area contributed by atoms with Crippen molar-refractivity contribution in [3.63, 3.8) is 0 Å². The van der Waals surface area contributed by atoms with E-state index in [0.717, 1.165) is 24.9 Å². The first-order chi connectivity index (χ1) is 12.1. The summed E-state index contributed by atoms with van der Waals surface area (Å²) in [6, 6.07) is 7.76. The van der Waals surface area contributed by atoms with E-state index in [9.17, 15) is 4.39 Å². The number of likely N-dealkylation sites (tertiary alicyclic amines) is 2. The van der Waals surface area contributed by atoms with Crippen molar-refractivity contribution in [1.82, 2.24) is 14.7 Å². The minimum atomic E-state index is -0.140. The van der Waals surface area contributed by atoms with Crippen molar-refractivity contribution in [2.24, 2.45) is 5.92 Å². The van der Waals surface area contributed by atoms with Crippen LogP contribution in [0.3, 0.4) is 0 Å². The molecular weight excluding hydrogens is 313 g/mol. The Labute approximate surface area is 152 Å². The van der Waals surface area contributed by atoms with E-state index in [1.54, 1.807) is 12.1 Å². The molecule has 2 saturated heterocycles. The molecule has 0 aliphatic carbocycles. The van der Waals surface area contributed by atoms with Crippen molar-refractivity contribution in [1.29, 1.82) is 0 Å². The van der Waals surface area contributed by atoms with Gasteiger partial charge in [-0.2, -0.15) is 0 Å². The summed E-state index contributed by atoms with van der Waals surface area (Å²) in [4.78, 5) is 7.68. The summed E-state index contributed by atoms with van der Waals surface area (Å²) in [5.74, 6) is 0.658. The molecule has 2 fully saturated rings. The van der Waals surface area contributed by atoms with Gasteiger partial charge in [-0.15, -0.1) is 0 Å². The molecule has 2 heterocycles. The number of halogens is 1. The highest BCUT2D eigenvalue weighted by molar-refractivity contribution is 5.16. The maximum atomic E-state index is 13.0. The summed E-state index contributed by atoms with van der Waals surface area (Å²) in [6.07, 6.45) is 6.33. The molecule has 2 aliphatic rings. The van der Waals surface area contributed by atoms with Gasteiger partial charge in [0.25, 0.3) is 0 Å². The van der Waals surface area contributed by atoms with Crippen LogP contribution in [0.2, 0.25) is 0 Å². The van der Waals surface area contributed by atoms with E-state index in [4.69, 9.17) is 0 Å². The second-order valence-corrected chi connectivity index (χ2v) is 8.16. The molecule has 0 aromatic heterocycles. The standard InChI is InChI=1S/C21H34FN3/c1-23-13-10-21(11-14-23)24(2)16-19-4-3-12-25(17-19)15-9-18-5-7-20(22)8-6-18/h5-8,19,21H,3-4,9-17H2,1-2H3/t19-/m0/s1. The smallest absolute Gasteiger partial charge is 0.123 e. The molecule has 0 radical (unpaired) electrons. The monoisotopic (exact) mass is 347 g/mol. The number of rotatable bonds is 6. The highest BCUT2D eigenvalue weighted by Gasteiger charge is 2.25. The fourth-order valence-corrected chi connectivity index (χ4v) is 4.43. The Kier molecular flexibility index (Phi) is 6.85. The number of benzene rings is 1. The SMILES string of the molecule is CN1CCC(N(C)C[C@@H]2CCCN(CCc3ccc(F)cc3)C2)CC1. The van der Waals surface area contributed by atoms with Crippen molar-refractivity contribution in [2.45, 2.75) is 38.1 Å². The third-order valence-corrected chi connectivity index (χ3v) is 6.09. The van der Waals surface area contributed by atoms with Crippen LogP contribution < -0.4 is 0 Å². The molecular formula is C21H34FN3. The van der Waals surface area contributed by atoms with Crippen LogP contribution in [0, 0.1) is 11.7 Å². The lowest BCUT2D eigenvalue weighted by atomic mass is 9.95. The Bertz CT molecular complexity index is 510. The molecule has 4 heteroatoms. The van der Waals surface area contributed by atoms with Gasteiger partial charge in [-0.05, 0) is 89.4 Å². The van der Waals surface area contributed by atoms with Crippen LogP contribution >= 0.6 is 0 Å². The molecule has 1 atom stereocenters. The zero-order valence-corrected chi connectivity index (χ0v) is 16.0. The molecule has 3 rings (SSSR count). The summed E-state index contributed by atoms with van der Waals surface area (Å²) >= 11 is 0. The summed E-state index contributed by atoms with van der Waals surface area (Å²) in [5, 5.41) is 0. The maximum absolute atomic E-state index is 13.0. The van der Waals surface area contributed by atoms with E-state index in [-0.39, 0.29) is 5.82 Å². The van der Waals surface area contributed by atoms with E-state index < -0.39 is 0 Å². The first-order valence-corrected chi connectivity index (χ1v) is 9.96. The zero-order valence-electron chi connectivity index (χ0n) is 16.0. The van der Waals surface area contributed by atoms with Gasteiger partial charge < -0.3 is 14.7 Å². The van der Waals surface area contributed by atoms with E-state index in [1.165, 1.54) is 64.0 Å². The van der Waals surface area contributed by atoms with Crippen molar-refractivity contribution in [3.05, 3.63) is 35.6 Å². The zero-order chi connectivity index (χ0) is 17.6. The Balaban J connectivity index is 1.42. The summed E-state index contributed by atoms with van der Waals surface area (Å²) < 4.78 is 13.0. The normalized spacial score (nSPS) is 24.1. The van der Waals surface area contributed by atoms with Gasteiger partial charge >= 0.3 is 0 Å². The molecule has 140 valence electrons. The van der Waals surface area contributed by atoms with Gasteiger partial charge in [-0.1, -0.05) is 12.1 Å². The van der Waals surface area contributed by atoms with Crippen LogP contribution in [-0.4, -0.2) is 74.1 Å². The quantitative estimate of drug-likeness (QED) is 0.783. The Morgan fingerprint density at radius 2 is 1.80 bits per heavy atom. The van der Waals surface area contributed by atoms with E-state index in [1.807, 2.05) is 12.1 Å². The van der Waals surface area contributed by atoms with E-state index in [2.05, 4.69) is 28.8 Å². The van der Waals surface area contributed by atoms with Crippen LogP contribution in [0.5, 0.6) is 0 Å².